The summed E-state index contributed by atoms with van der Waals surface area (Å²) in [4.78, 5) is 15.3. The van der Waals surface area contributed by atoms with Crippen LogP contribution in [0.4, 0.5) is 0 Å². The standard InChI is InChI=1S/C25H19BrClN3O2/c1-32-20-12-6-16(7-13-20)22-21-23(29-28-22)25(31)30(14-15-2-10-19(27)11-3-15)24(21)17-4-8-18(26)9-5-17/h2-13,24H,14H2,1H3,(H,28,29). The van der Waals surface area contributed by atoms with Crippen molar-refractivity contribution >= 4 is 33.4 Å². The molecule has 32 heavy (non-hydrogen) atoms. The smallest absolute Gasteiger partial charge is 0.273 e. The molecule has 7 heteroatoms. The first-order valence-electron chi connectivity index (χ1n) is 10.1. The lowest BCUT2D eigenvalue weighted by molar-refractivity contribution is 0.0730. The lowest BCUT2D eigenvalue weighted by atomic mass is 9.96. The molecular formula is C25H19BrClN3O2. The number of fused-ring (bicyclic) bond motifs is 1. The van der Waals surface area contributed by atoms with Crippen LogP contribution in [0.5, 0.6) is 5.75 Å². The van der Waals surface area contributed by atoms with E-state index < -0.39 is 0 Å². The van der Waals surface area contributed by atoms with E-state index in [0.717, 1.165) is 38.2 Å². The van der Waals surface area contributed by atoms with Crippen LogP contribution in [0.1, 0.15) is 33.2 Å². The monoisotopic (exact) mass is 507 g/mol. The summed E-state index contributed by atoms with van der Waals surface area (Å²) in [6, 6.07) is 23.1. The first-order valence-corrected chi connectivity index (χ1v) is 11.3. The molecule has 2 heterocycles. The van der Waals surface area contributed by atoms with Gasteiger partial charge in [0.1, 0.15) is 11.4 Å². The van der Waals surface area contributed by atoms with Crippen LogP contribution in [0, 0.1) is 0 Å². The summed E-state index contributed by atoms with van der Waals surface area (Å²) in [5, 5.41) is 8.19. The molecule has 1 unspecified atom stereocenters. The van der Waals surface area contributed by atoms with Gasteiger partial charge in [0.05, 0.1) is 18.8 Å². The molecule has 5 rings (SSSR count). The number of nitrogens with zero attached hydrogens (tertiary/aromatic N) is 2. The fourth-order valence-electron chi connectivity index (χ4n) is 4.11. The number of nitrogens with one attached hydrogen (secondary N) is 1. The number of halogens is 2. The third kappa shape index (κ3) is 3.70. The largest absolute Gasteiger partial charge is 0.497 e. The van der Waals surface area contributed by atoms with Gasteiger partial charge >= 0.3 is 0 Å². The van der Waals surface area contributed by atoms with Gasteiger partial charge in [-0.1, -0.05) is 51.8 Å². The van der Waals surface area contributed by atoms with Gasteiger partial charge in [-0.15, -0.1) is 0 Å². The van der Waals surface area contributed by atoms with E-state index in [-0.39, 0.29) is 11.9 Å². The zero-order valence-corrected chi connectivity index (χ0v) is 19.5. The second-order valence-electron chi connectivity index (χ2n) is 7.60. The number of aromatic nitrogens is 2. The summed E-state index contributed by atoms with van der Waals surface area (Å²) < 4.78 is 6.27. The van der Waals surface area contributed by atoms with Gasteiger partial charge in [0.2, 0.25) is 0 Å². The van der Waals surface area contributed by atoms with Gasteiger partial charge in [-0.05, 0) is 59.7 Å². The minimum Gasteiger partial charge on any atom is -0.497 e. The van der Waals surface area contributed by atoms with Crippen LogP contribution in [0.25, 0.3) is 11.3 Å². The third-order valence-corrected chi connectivity index (χ3v) is 6.46. The molecule has 4 aromatic rings. The molecule has 0 fully saturated rings. The highest BCUT2D eigenvalue weighted by atomic mass is 79.9. The van der Waals surface area contributed by atoms with Crippen molar-refractivity contribution in [3.63, 3.8) is 0 Å². The Morgan fingerprint density at radius 1 is 1.03 bits per heavy atom. The van der Waals surface area contributed by atoms with E-state index in [9.17, 15) is 4.79 Å². The number of amides is 1. The minimum absolute atomic E-state index is 0.0740. The predicted octanol–water partition coefficient (Wildman–Crippen LogP) is 6.25. The first-order chi connectivity index (χ1) is 15.5. The molecular weight excluding hydrogens is 490 g/mol. The second kappa shape index (κ2) is 8.45. The summed E-state index contributed by atoms with van der Waals surface area (Å²) in [5.74, 6) is 0.695. The number of aromatic amines is 1. The predicted molar refractivity (Wildman–Crippen MR) is 128 cm³/mol. The quantitative estimate of drug-likeness (QED) is 0.347. The number of carbonyl (C=O) groups excluding carboxylic acids is 1. The van der Waals surface area contributed by atoms with Crippen LogP contribution < -0.4 is 4.74 Å². The summed E-state index contributed by atoms with van der Waals surface area (Å²) in [5.41, 5.74) is 5.13. The first kappa shape index (κ1) is 20.8. The van der Waals surface area contributed by atoms with Crippen LogP contribution >= 0.6 is 27.5 Å². The fourth-order valence-corrected chi connectivity index (χ4v) is 4.50. The number of hydrogen-bond acceptors (Lipinski definition) is 3. The minimum atomic E-state index is -0.267. The second-order valence-corrected chi connectivity index (χ2v) is 8.96. The normalized spacial score (nSPS) is 15.2. The lowest BCUT2D eigenvalue weighted by Gasteiger charge is -2.26. The Labute approximate surface area is 199 Å². The Morgan fingerprint density at radius 2 is 1.72 bits per heavy atom. The van der Waals surface area contributed by atoms with Crippen molar-refractivity contribution in [2.24, 2.45) is 0 Å². The molecule has 1 amide bonds. The Hall–Kier alpha value is -3.09. The molecule has 0 spiro atoms. The van der Waals surface area contributed by atoms with Crippen LogP contribution in [-0.4, -0.2) is 28.1 Å². The molecule has 0 radical (unpaired) electrons. The molecule has 1 atom stereocenters. The van der Waals surface area contributed by atoms with E-state index in [0.29, 0.717) is 17.3 Å². The number of methoxy groups -OCH3 is 1. The fraction of sp³-hybridized carbons (Fsp3) is 0.120. The zero-order chi connectivity index (χ0) is 22.2. The number of benzene rings is 3. The van der Waals surface area contributed by atoms with Crippen LogP contribution in [-0.2, 0) is 6.54 Å². The third-order valence-electron chi connectivity index (χ3n) is 5.68. The highest BCUT2D eigenvalue weighted by Gasteiger charge is 2.42. The van der Waals surface area contributed by atoms with Crippen molar-refractivity contribution in [1.82, 2.24) is 15.1 Å². The number of rotatable bonds is 5. The summed E-state index contributed by atoms with van der Waals surface area (Å²) >= 11 is 9.56. The molecule has 3 aromatic carbocycles. The maximum absolute atomic E-state index is 13.5. The topological polar surface area (TPSA) is 58.2 Å². The highest BCUT2D eigenvalue weighted by molar-refractivity contribution is 9.10. The number of H-pyrrole nitrogens is 1. The summed E-state index contributed by atoms with van der Waals surface area (Å²) in [6.07, 6.45) is 0. The van der Waals surface area contributed by atoms with Gasteiger partial charge < -0.3 is 9.64 Å². The Morgan fingerprint density at radius 3 is 2.38 bits per heavy atom. The Bertz CT molecular complexity index is 1270. The van der Waals surface area contributed by atoms with Crippen LogP contribution in [0.2, 0.25) is 5.02 Å². The zero-order valence-electron chi connectivity index (χ0n) is 17.2. The van der Waals surface area contributed by atoms with Gasteiger partial charge in [-0.3, -0.25) is 9.89 Å². The van der Waals surface area contributed by atoms with Gasteiger partial charge in [0.15, 0.2) is 0 Å². The molecule has 0 aliphatic carbocycles. The SMILES string of the molecule is COc1ccc(-c2n[nH]c3c2C(c2ccc(Br)cc2)N(Cc2ccc(Cl)cc2)C3=O)cc1. The molecule has 0 bridgehead atoms. The summed E-state index contributed by atoms with van der Waals surface area (Å²) in [7, 11) is 1.64. The lowest BCUT2D eigenvalue weighted by Crippen LogP contribution is -2.29. The van der Waals surface area contributed by atoms with E-state index in [4.69, 9.17) is 16.3 Å². The van der Waals surface area contributed by atoms with Crippen LogP contribution in [0.3, 0.4) is 0 Å². The van der Waals surface area contributed by atoms with Gasteiger partial charge in [-0.2, -0.15) is 5.10 Å². The molecule has 1 aromatic heterocycles. The highest BCUT2D eigenvalue weighted by Crippen LogP contribution is 2.43. The summed E-state index contributed by atoms with van der Waals surface area (Å²) in [6.45, 7) is 0.460. The van der Waals surface area contributed by atoms with Crippen LogP contribution in [0.15, 0.2) is 77.3 Å². The van der Waals surface area contributed by atoms with Crippen molar-refractivity contribution in [3.8, 4) is 17.0 Å². The molecule has 1 aliphatic heterocycles. The van der Waals surface area contributed by atoms with E-state index >= 15 is 0 Å². The van der Waals surface area contributed by atoms with Gasteiger partial charge in [0.25, 0.3) is 5.91 Å². The Balaban J connectivity index is 1.61. The van der Waals surface area contributed by atoms with E-state index in [1.54, 1.807) is 7.11 Å². The van der Waals surface area contributed by atoms with Crippen molar-refractivity contribution in [2.45, 2.75) is 12.6 Å². The number of ether oxygens (including phenoxy) is 1. The van der Waals surface area contributed by atoms with Crippen molar-refractivity contribution in [3.05, 3.63) is 105 Å². The van der Waals surface area contributed by atoms with Crippen molar-refractivity contribution < 1.29 is 9.53 Å². The molecule has 1 N–H and O–H groups in total. The molecule has 0 saturated heterocycles. The number of carbonyl (C=O) groups is 1. The maximum Gasteiger partial charge on any atom is 0.273 e. The van der Waals surface area contributed by atoms with E-state index in [1.807, 2.05) is 77.7 Å². The van der Waals surface area contributed by atoms with E-state index in [1.165, 1.54) is 0 Å². The van der Waals surface area contributed by atoms with Crippen molar-refractivity contribution in [2.75, 3.05) is 7.11 Å². The average Bonchev–Trinajstić information content (AvgIpc) is 3.35. The van der Waals surface area contributed by atoms with Gasteiger partial charge in [0, 0.05) is 27.2 Å². The molecule has 1 aliphatic rings. The Kier molecular flexibility index (Phi) is 5.49. The number of hydrogen-bond donors (Lipinski definition) is 1. The molecule has 0 saturated carbocycles. The van der Waals surface area contributed by atoms with E-state index in [2.05, 4.69) is 26.1 Å². The van der Waals surface area contributed by atoms with Crippen molar-refractivity contribution in [1.29, 1.82) is 0 Å². The molecule has 160 valence electrons. The van der Waals surface area contributed by atoms with Gasteiger partial charge in [-0.25, -0.2) is 0 Å². The maximum atomic E-state index is 13.5. The molecule has 5 nitrogen and oxygen atoms in total. The average molecular weight is 509 g/mol.